The summed E-state index contributed by atoms with van der Waals surface area (Å²) in [4.78, 5) is 12.6. The molecule has 6 heteroatoms. The molecule has 4 nitrogen and oxygen atoms in total. The van der Waals surface area contributed by atoms with E-state index in [9.17, 15) is 18.8 Å². The lowest BCUT2D eigenvalue weighted by Crippen LogP contribution is -2.12. The van der Waals surface area contributed by atoms with Crippen LogP contribution in [0.4, 0.5) is 8.78 Å². The van der Waals surface area contributed by atoms with Crippen LogP contribution in [-0.4, -0.2) is 17.1 Å². The first-order chi connectivity index (χ1) is 13.9. The Labute approximate surface area is 168 Å². The van der Waals surface area contributed by atoms with Crippen LogP contribution < -0.4 is 0 Å². The molecule has 0 atom stereocenters. The molecule has 0 N–H and O–H groups in total. The van der Waals surface area contributed by atoms with Crippen LogP contribution in [0.15, 0.2) is 42.5 Å². The van der Waals surface area contributed by atoms with Gasteiger partial charge in [-0.05, 0) is 42.2 Å². The van der Waals surface area contributed by atoms with Crippen molar-refractivity contribution in [3.05, 3.63) is 71.1 Å². The van der Waals surface area contributed by atoms with Gasteiger partial charge in [0.15, 0.2) is 0 Å². The second-order valence-corrected chi connectivity index (χ2v) is 6.53. The lowest BCUT2D eigenvalue weighted by molar-refractivity contribution is 0.0516. The van der Waals surface area contributed by atoms with E-state index in [1.807, 2.05) is 6.92 Å². The number of ether oxygens (including phenoxy) is 1. The van der Waals surface area contributed by atoms with Gasteiger partial charge in [-0.2, -0.15) is 5.26 Å². The fourth-order valence-corrected chi connectivity index (χ4v) is 3.54. The first kappa shape index (κ1) is 20.3. The molecular formula is C23H20F2N2O2. The van der Waals surface area contributed by atoms with Gasteiger partial charge in [0.1, 0.15) is 23.4 Å². The first-order valence-electron chi connectivity index (χ1n) is 9.26. The maximum atomic E-state index is 13.5. The van der Waals surface area contributed by atoms with Gasteiger partial charge >= 0.3 is 5.97 Å². The van der Waals surface area contributed by atoms with Crippen molar-refractivity contribution in [3.63, 3.8) is 0 Å². The summed E-state index contributed by atoms with van der Waals surface area (Å²) in [6.07, 6.45) is 0.576. The van der Waals surface area contributed by atoms with Crippen LogP contribution in [0, 0.1) is 23.0 Å². The first-order valence-corrected chi connectivity index (χ1v) is 9.26. The molecule has 148 valence electrons. The van der Waals surface area contributed by atoms with Gasteiger partial charge in [-0.25, -0.2) is 13.6 Å². The highest BCUT2D eigenvalue weighted by Gasteiger charge is 2.26. The minimum atomic E-state index is -0.656. The van der Waals surface area contributed by atoms with Crippen LogP contribution in [0.1, 0.15) is 35.6 Å². The molecule has 1 aromatic heterocycles. The predicted molar refractivity (Wildman–Crippen MR) is 106 cm³/mol. The Balaban J connectivity index is 2.15. The van der Waals surface area contributed by atoms with Crippen molar-refractivity contribution in [2.45, 2.75) is 20.3 Å². The van der Waals surface area contributed by atoms with E-state index >= 15 is 0 Å². The zero-order valence-electron chi connectivity index (χ0n) is 16.4. The number of carbonyl (C=O) groups excluding carboxylic acids is 1. The smallest absolute Gasteiger partial charge is 0.355 e. The van der Waals surface area contributed by atoms with Crippen LogP contribution in [-0.2, 0) is 18.2 Å². The number of benzene rings is 2. The third-order valence-corrected chi connectivity index (χ3v) is 4.80. The van der Waals surface area contributed by atoms with Crippen LogP contribution in [0.5, 0.6) is 0 Å². The van der Waals surface area contributed by atoms with Crippen LogP contribution in [0.3, 0.4) is 0 Å². The summed E-state index contributed by atoms with van der Waals surface area (Å²) in [5.41, 5.74) is 3.65. The summed E-state index contributed by atoms with van der Waals surface area (Å²) >= 11 is 0. The Morgan fingerprint density at radius 3 is 2.14 bits per heavy atom. The summed E-state index contributed by atoms with van der Waals surface area (Å²) in [6, 6.07) is 12.4. The minimum absolute atomic E-state index is 0.219. The molecule has 0 unspecified atom stereocenters. The van der Waals surface area contributed by atoms with Crippen molar-refractivity contribution in [1.82, 2.24) is 4.57 Å². The highest BCUT2D eigenvalue weighted by molar-refractivity contribution is 5.98. The molecular weight excluding hydrogens is 374 g/mol. The van der Waals surface area contributed by atoms with Gasteiger partial charge in [0, 0.05) is 24.4 Å². The summed E-state index contributed by atoms with van der Waals surface area (Å²) in [7, 11) is 1.74. The average Bonchev–Trinajstić information content (AvgIpc) is 2.99. The summed E-state index contributed by atoms with van der Waals surface area (Å²) in [6.45, 7) is 3.85. The fourth-order valence-electron chi connectivity index (χ4n) is 3.54. The largest absolute Gasteiger partial charge is 0.461 e. The normalized spacial score (nSPS) is 10.6. The zero-order valence-corrected chi connectivity index (χ0v) is 16.4. The number of halogens is 2. The SMILES string of the molecule is CCOC(=O)c1c(-c2ccc(-c3cc(F)cc(F)c3)cc2)c(C#N)c(CC)n1C. The minimum Gasteiger partial charge on any atom is -0.461 e. The lowest BCUT2D eigenvalue weighted by Gasteiger charge is -2.09. The highest BCUT2D eigenvalue weighted by atomic mass is 19.1. The van der Waals surface area contributed by atoms with E-state index in [0.29, 0.717) is 39.9 Å². The van der Waals surface area contributed by atoms with E-state index in [1.54, 1.807) is 42.8 Å². The standard InChI is InChI=1S/C23H20F2N2O2/c1-4-20-19(13-26)21(22(27(20)3)23(28)29-5-2)15-8-6-14(7-9-15)16-10-17(24)12-18(25)11-16/h6-12H,4-5H2,1-3H3. The Morgan fingerprint density at radius 1 is 1.03 bits per heavy atom. The van der Waals surface area contributed by atoms with Crippen LogP contribution in [0.2, 0.25) is 0 Å². The average molecular weight is 394 g/mol. The van der Waals surface area contributed by atoms with E-state index in [2.05, 4.69) is 6.07 Å². The topological polar surface area (TPSA) is 55.0 Å². The number of rotatable bonds is 5. The van der Waals surface area contributed by atoms with Crippen molar-refractivity contribution in [1.29, 1.82) is 5.26 Å². The second kappa shape index (κ2) is 8.27. The summed E-state index contributed by atoms with van der Waals surface area (Å²) < 4.78 is 33.9. The van der Waals surface area contributed by atoms with Crippen molar-refractivity contribution in [3.8, 4) is 28.3 Å². The molecule has 0 saturated heterocycles. The van der Waals surface area contributed by atoms with E-state index in [0.717, 1.165) is 11.8 Å². The number of hydrogen-bond acceptors (Lipinski definition) is 3. The molecule has 3 rings (SSSR count). The number of esters is 1. The number of hydrogen-bond donors (Lipinski definition) is 0. The molecule has 0 aliphatic rings. The van der Waals surface area contributed by atoms with Gasteiger partial charge in [0.05, 0.1) is 12.2 Å². The molecule has 0 bridgehead atoms. The van der Waals surface area contributed by atoms with Crippen molar-refractivity contribution >= 4 is 5.97 Å². The van der Waals surface area contributed by atoms with E-state index in [1.165, 1.54) is 12.1 Å². The molecule has 0 fully saturated rings. The molecule has 29 heavy (non-hydrogen) atoms. The Bertz CT molecular complexity index is 1090. The van der Waals surface area contributed by atoms with Crippen molar-refractivity contribution in [2.75, 3.05) is 6.61 Å². The quantitative estimate of drug-likeness (QED) is 0.556. The van der Waals surface area contributed by atoms with Crippen LogP contribution in [0.25, 0.3) is 22.3 Å². The molecule has 0 amide bonds. The van der Waals surface area contributed by atoms with Crippen LogP contribution >= 0.6 is 0 Å². The summed E-state index contributed by atoms with van der Waals surface area (Å²) in [5, 5.41) is 9.74. The number of aromatic nitrogens is 1. The predicted octanol–water partition coefficient (Wildman–Crippen LogP) is 5.25. The Morgan fingerprint density at radius 2 is 1.62 bits per heavy atom. The third kappa shape index (κ3) is 3.77. The van der Waals surface area contributed by atoms with E-state index < -0.39 is 17.6 Å². The van der Waals surface area contributed by atoms with Gasteiger partial charge in [-0.3, -0.25) is 0 Å². The second-order valence-electron chi connectivity index (χ2n) is 6.53. The highest BCUT2D eigenvalue weighted by Crippen LogP contribution is 2.34. The Hall–Kier alpha value is -3.46. The molecule has 0 aliphatic heterocycles. The van der Waals surface area contributed by atoms with Gasteiger partial charge in [-0.1, -0.05) is 31.2 Å². The van der Waals surface area contributed by atoms with E-state index in [-0.39, 0.29) is 6.61 Å². The number of carbonyl (C=O) groups is 1. The Kier molecular flexibility index (Phi) is 5.79. The lowest BCUT2D eigenvalue weighted by atomic mass is 9.97. The van der Waals surface area contributed by atoms with Gasteiger partial charge in [-0.15, -0.1) is 0 Å². The maximum absolute atomic E-state index is 13.5. The third-order valence-electron chi connectivity index (χ3n) is 4.80. The molecule has 3 aromatic rings. The maximum Gasteiger partial charge on any atom is 0.355 e. The van der Waals surface area contributed by atoms with E-state index in [4.69, 9.17) is 4.74 Å². The molecule has 0 spiro atoms. The molecule has 0 radical (unpaired) electrons. The van der Waals surface area contributed by atoms with Crippen molar-refractivity contribution in [2.24, 2.45) is 7.05 Å². The monoisotopic (exact) mass is 394 g/mol. The molecule has 2 aromatic carbocycles. The molecule has 1 heterocycles. The molecule has 0 saturated carbocycles. The van der Waals surface area contributed by atoms with Gasteiger partial charge in [0.2, 0.25) is 0 Å². The van der Waals surface area contributed by atoms with Gasteiger partial charge < -0.3 is 9.30 Å². The van der Waals surface area contributed by atoms with Crippen molar-refractivity contribution < 1.29 is 18.3 Å². The fraction of sp³-hybridized carbons (Fsp3) is 0.217. The summed E-state index contributed by atoms with van der Waals surface area (Å²) in [5.74, 6) is -1.82. The molecule has 0 aliphatic carbocycles. The van der Waals surface area contributed by atoms with Gasteiger partial charge in [0.25, 0.3) is 0 Å². The zero-order chi connectivity index (χ0) is 21.1. The number of nitriles is 1. The number of nitrogens with zero attached hydrogens (tertiary/aromatic N) is 2.